The van der Waals surface area contributed by atoms with E-state index in [1.165, 1.54) is 6.07 Å². The van der Waals surface area contributed by atoms with Crippen LogP contribution >= 0.6 is 11.6 Å². The summed E-state index contributed by atoms with van der Waals surface area (Å²) in [6, 6.07) is 4.54. The average molecular weight is 296 g/mol. The standard InChI is InChI=1S/C15H19ClFN3/c1-3-6-18-14(10-15-19-7-8-20(15)2)12-9-11(16)4-5-13(12)17/h4-5,7-9,14,18H,3,6,10H2,1-2H3. The topological polar surface area (TPSA) is 29.9 Å². The van der Waals surface area contributed by atoms with Crippen molar-refractivity contribution < 1.29 is 4.39 Å². The van der Waals surface area contributed by atoms with E-state index in [0.717, 1.165) is 18.8 Å². The molecule has 1 aromatic carbocycles. The van der Waals surface area contributed by atoms with Gasteiger partial charge in [-0.3, -0.25) is 0 Å². The number of aromatic nitrogens is 2. The predicted molar refractivity (Wildman–Crippen MR) is 79.4 cm³/mol. The Morgan fingerprint density at radius 1 is 1.45 bits per heavy atom. The summed E-state index contributed by atoms with van der Waals surface area (Å²) in [6.45, 7) is 2.90. The minimum atomic E-state index is -0.239. The molecule has 0 amide bonds. The van der Waals surface area contributed by atoms with Gasteiger partial charge in [-0.05, 0) is 31.2 Å². The first-order valence-corrected chi connectivity index (χ1v) is 7.14. The van der Waals surface area contributed by atoms with Gasteiger partial charge in [-0.2, -0.15) is 0 Å². The summed E-state index contributed by atoms with van der Waals surface area (Å²) in [7, 11) is 1.94. The zero-order chi connectivity index (χ0) is 14.5. The van der Waals surface area contributed by atoms with Gasteiger partial charge in [0, 0.05) is 42.5 Å². The molecule has 0 aliphatic rings. The lowest BCUT2D eigenvalue weighted by Crippen LogP contribution is -2.26. The van der Waals surface area contributed by atoms with Crippen LogP contribution in [0.3, 0.4) is 0 Å². The van der Waals surface area contributed by atoms with Crippen molar-refractivity contribution in [1.29, 1.82) is 0 Å². The quantitative estimate of drug-likeness (QED) is 0.884. The average Bonchev–Trinajstić information content (AvgIpc) is 2.83. The monoisotopic (exact) mass is 295 g/mol. The summed E-state index contributed by atoms with van der Waals surface area (Å²) in [4.78, 5) is 4.31. The molecule has 0 saturated heterocycles. The summed E-state index contributed by atoms with van der Waals surface area (Å²) in [5, 5.41) is 3.91. The molecule has 108 valence electrons. The molecule has 2 rings (SSSR count). The molecule has 3 nitrogen and oxygen atoms in total. The maximum absolute atomic E-state index is 14.1. The highest BCUT2D eigenvalue weighted by atomic mass is 35.5. The van der Waals surface area contributed by atoms with Gasteiger partial charge in [0.15, 0.2) is 0 Å². The largest absolute Gasteiger partial charge is 0.338 e. The van der Waals surface area contributed by atoms with E-state index in [9.17, 15) is 4.39 Å². The fraction of sp³-hybridized carbons (Fsp3) is 0.400. The third kappa shape index (κ3) is 3.58. The second-order valence-corrected chi connectivity index (χ2v) is 5.27. The SMILES string of the molecule is CCCNC(Cc1nccn1C)c1cc(Cl)ccc1F. The number of rotatable bonds is 6. The first-order valence-electron chi connectivity index (χ1n) is 6.76. The van der Waals surface area contributed by atoms with Gasteiger partial charge < -0.3 is 9.88 Å². The van der Waals surface area contributed by atoms with Crippen molar-refractivity contribution in [2.24, 2.45) is 7.05 Å². The summed E-state index contributed by atoms with van der Waals surface area (Å²) in [6.07, 6.45) is 5.25. The van der Waals surface area contributed by atoms with Crippen molar-refractivity contribution in [3.05, 3.63) is 52.8 Å². The van der Waals surface area contributed by atoms with Gasteiger partial charge in [0.1, 0.15) is 11.6 Å². The first-order chi connectivity index (χ1) is 9.61. The fourth-order valence-corrected chi connectivity index (χ4v) is 2.35. The number of nitrogens with zero attached hydrogens (tertiary/aromatic N) is 2. The van der Waals surface area contributed by atoms with E-state index in [1.54, 1.807) is 18.3 Å². The number of halogens is 2. The number of nitrogens with one attached hydrogen (secondary N) is 1. The molecular weight excluding hydrogens is 277 g/mol. The van der Waals surface area contributed by atoms with E-state index >= 15 is 0 Å². The molecular formula is C15H19ClFN3. The summed E-state index contributed by atoms with van der Waals surface area (Å²) in [5.74, 6) is 0.676. The maximum Gasteiger partial charge on any atom is 0.128 e. The van der Waals surface area contributed by atoms with Gasteiger partial charge in [0.05, 0.1) is 0 Å². The Morgan fingerprint density at radius 3 is 2.90 bits per heavy atom. The van der Waals surface area contributed by atoms with Crippen LogP contribution in [0.15, 0.2) is 30.6 Å². The van der Waals surface area contributed by atoms with Crippen molar-refractivity contribution in [2.75, 3.05) is 6.54 Å². The Bertz CT molecular complexity index is 568. The Kier molecular flexibility index (Phi) is 5.15. The molecule has 0 radical (unpaired) electrons. The van der Waals surface area contributed by atoms with E-state index in [-0.39, 0.29) is 11.9 Å². The molecule has 2 aromatic rings. The van der Waals surface area contributed by atoms with Crippen molar-refractivity contribution >= 4 is 11.6 Å². The molecule has 0 aliphatic carbocycles. The van der Waals surface area contributed by atoms with Gasteiger partial charge >= 0.3 is 0 Å². The zero-order valence-corrected chi connectivity index (χ0v) is 12.5. The van der Waals surface area contributed by atoms with Gasteiger partial charge in [0.25, 0.3) is 0 Å². The van der Waals surface area contributed by atoms with Crippen LogP contribution in [0.2, 0.25) is 5.02 Å². The Balaban J connectivity index is 2.27. The third-order valence-corrected chi connectivity index (χ3v) is 3.52. The van der Waals surface area contributed by atoms with E-state index in [0.29, 0.717) is 17.0 Å². The zero-order valence-electron chi connectivity index (χ0n) is 11.7. The summed E-state index contributed by atoms with van der Waals surface area (Å²) >= 11 is 5.99. The number of imidazole rings is 1. The van der Waals surface area contributed by atoms with Crippen molar-refractivity contribution in [3.63, 3.8) is 0 Å². The second-order valence-electron chi connectivity index (χ2n) is 4.83. The summed E-state index contributed by atoms with van der Waals surface area (Å²) in [5.41, 5.74) is 0.592. The Morgan fingerprint density at radius 2 is 2.25 bits per heavy atom. The van der Waals surface area contributed by atoms with E-state index in [4.69, 9.17) is 11.6 Å². The Hall–Kier alpha value is -1.39. The molecule has 1 heterocycles. The molecule has 1 aromatic heterocycles. The molecule has 20 heavy (non-hydrogen) atoms. The van der Waals surface area contributed by atoms with Gasteiger partial charge in [-0.1, -0.05) is 18.5 Å². The van der Waals surface area contributed by atoms with Crippen molar-refractivity contribution in [2.45, 2.75) is 25.8 Å². The molecule has 0 spiro atoms. The maximum atomic E-state index is 14.1. The number of hydrogen-bond donors (Lipinski definition) is 1. The fourth-order valence-electron chi connectivity index (χ4n) is 2.17. The van der Waals surface area contributed by atoms with Crippen LogP contribution in [0.5, 0.6) is 0 Å². The highest BCUT2D eigenvalue weighted by Gasteiger charge is 2.18. The molecule has 1 N–H and O–H groups in total. The lowest BCUT2D eigenvalue weighted by Gasteiger charge is -2.19. The minimum Gasteiger partial charge on any atom is -0.338 e. The molecule has 0 saturated carbocycles. The van der Waals surface area contributed by atoms with Crippen LogP contribution in [0, 0.1) is 5.82 Å². The number of benzene rings is 1. The lowest BCUT2D eigenvalue weighted by molar-refractivity contribution is 0.484. The molecule has 1 atom stereocenters. The second kappa shape index (κ2) is 6.86. The van der Waals surface area contributed by atoms with Crippen molar-refractivity contribution in [1.82, 2.24) is 14.9 Å². The third-order valence-electron chi connectivity index (χ3n) is 3.28. The van der Waals surface area contributed by atoms with E-state index in [2.05, 4.69) is 17.2 Å². The first kappa shape index (κ1) is 15.0. The highest BCUT2D eigenvalue weighted by Crippen LogP contribution is 2.24. The highest BCUT2D eigenvalue weighted by molar-refractivity contribution is 6.30. The molecule has 1 unspecified atom stereocenters. The van der Waals surface area contributed by atoms with Crippen LogP contribution in [-0.2, 0) is 13.5 Å². The molecule has 0 bridgehead atoms. The number of hydrogen-bond acceptors (Lipinski definition) is 2. The predicted octanol–water partition coefficient (Wildman–Crippen LogP) is 3.50. The Labute approximate surface area is 123 Å². The molecule has 0 aliphatic heterocycles. The van der Waals surface area contributed by atoms with Crippen LogP contribution in [0.25, 0.3) is 0 Å². The minimum absolute atomic E-state index is 0.130. The number of aryl methyl sites for hydroxylation is 1. The van der Waals surface area contributed by atoms with Crippen molar-refractivity contribution in [3.8, 4) is 0 Å². The summed E-state index contributed by atoms with van der Waals surface area (Å²) < 4.78 is 16.0. The van der Waals surface area contributed by atoms with E-state index < -0.39 is 0 Å². The van der Waals surface area contributed by atoms with E-state index in [1.807, 2.05) is 17.8 Å². The molecule has 5 heteroatoms. The van der Waals surface area contributed by atoms with Gasteiger partial charge in [-0.25, -0.2) is 9.37 Å². The van der Waals surface area contributed by atoms with Gasteiger partial charge in [-0.15, -0.1) is 0 Å². The van der Waals surface area contributed by atoms with Crippen LogP contribution in [0.1, 0.15) is 30.8 Å². The van der Waals surface area contributed by atoms with Crippen LogP contribution in [0.4, 0.5) is 4.39 Å². The lowest BCUT2D eigenvalue weighted by atomic mass is 10.0. The smallest absolute Gasteiger partial charge is 0.128 e. The molecule has 0 fully saturated rings. The van der Waals surface area contributed by atoms with Crippen LogP contribution in [-0.4, -0.2) is 16.1 Å². The van der Waals surface area contributed by atoms with Gasteiger partial charge in [0.2, 0.25) is 0 Å². The van der Waals surface area contributed by atoms with Crippen LogP contribution < -0.4 is 5.32 Å². The normalized spacial score (nSPS) is 12.6.